The molecule has 1 heterocycles. The van der Waals surface area contributed by atoms with Gasteiger partial charge < -0.3 is 9.80 Å². The molecule has 0 saturated carbocycles. The molecular formula is C11H14F2N2. The summed E-state index contributed by atoms with van der Waals surface area (Å²) in [5, 5.41) is 0. The van der Waals surface area contributed by atoms with Crippen molar-refractivity contribution in [1.29, 1.82) is 0 Å². The van der Waals surface area contributed by atoms with E-state index in [1.807, 2.05) is 11.9 Å². The first-order valence-corrected chi connectivity index (χ1v) is 5.05. The number of hydrogen-bond acceptors (Lipinski definition) is 2. The lowest BCUT2D eigenvalue weighted by atomic mass is 10.2. The molecule has 0 N–H and O–H groups in total. The van der Waals surface area contributed by atoms with Crippen LogP contribution in [0, 0.1) is 11.6 Å². The summed E-state index contributed by atoms with van der Waals surface area (Å²) in [4.78, 5) is 4.06. The molecular weight excluding hydrogens is 198 g/mol. The predicted octanol–water partition coefficient (Wildman–Crippen LogP) is 1.72. The summed E-state index contributed by atoms with van der Waals surface area (Å²) in [5.41, 5.74) is 0.378. The van der Waals surface area contributed by atoms with Crippen LogP contribution in [0.5, 0.6) is 0 Å². The highest BCUT2D eigenvalue weighted by molar-refractivity contribution is 5.48. The Balaban J connectivity index is 2.18. The molecule has 1 fully saturated rings. The Kier molecular flexibility index (Phi) is 2.86. The summed E-state index contributed by atoms with van der Waals surface area (Å²) in [7, 11) is 2.03. The van der Waals surface area contributed by atoms with Gasteiger partial charge in [0.05, 0.1) is 5.69 Å². The molecule has 1 aliphatic rings. The van der Waals surface area contributed by atoms with Crippen LogP contribution in [0.15, 0.2) is 18.2 Å². The van der Waals surface area contributed by atoms with Gasteiger partial charge in [-0.1, -0.05) is 0 Å². The lowest BCUT2D eigenvalue weighted by molar-refractivity contribution is 0.311. The third-order valence-corrected chi connectivity index (χ3v) is 2.75. The molecule has 2 nitrogen and oxygen atoms in total. The molecule has 0 spiro atoms. The molecule has 2 rings (SSSR count). The molecule has 1 aliphatic heterocycles. The van der Waals surface area contributed by atoms with Gasteiger partial charge >= 0.3 is 0 Å². The van der Waals surface area contributed by atoms with Crippen molar-refractivity contribution in [2.45, 2.75) is 0 Å². The van der Waals surface area contributed by atoms with E-state index < -0.39 is 0 Å². The van der Waals surface area contributed by atoms with Crippen LogP contribution in [0.1, 0.15) is 0 Å². The number of halogens is 2. The number of anilines is 1. The summed E-state index contributed by atoms with van der Waals surface area (Å²) < 4.78 is 26.4. The van der Waals surface area contributed by atoms with E-state index in [4.69, 9.17) is 0 Å². The van der Waals surface area contributed by atoms with E-state index in [0.717, 1.165) is 32.2 Å². The van der Waals surface area contributed by atoms with Crippen LogP contribution in [-0.2, 0) is 0 Å². The van der Waals surface area contributed by atoms with Gasteiger partial charge in [0, 0.05) is 32.2 Å². The van der Waals surface area contributed by atoms with E-state index >= 15 is 0 Å². The maximum atomic E-state index is 13.4. The second-order valence-corrected chi connectivity index (χ2v) is 3.89. The van der Waals surface area contributed by atoms with Gasteiger partial charge in [-0.2, -0.15) is 0 Å². The van der Waals surface area contributed by atoms with E-state index in [0.29, 0.717) is 5.69 Å². The summed E-state index contributed by atoms with van der Waals surface area (Å²) in [6, 6.07) is 3.60. The molecule has 1 aromatic rings. The zero-order valence-corrected chi connectivity index (χ0v) is 8.71. The van der Waals surface area contributed by atoms with Crippen molar-refractivity contribution in [3.63, 3.8) is 0 Å². The number of piperazine rings is 1. The number of hydrogen-bond donors (Lipinski definition) is 0. The monoisotopic (exact) mass is 212 g/mol. The van der Waals surface area contributed by atoms with Crippen LogP contribution >= 0.6 is 0 Å². The highest BCUT2D eigenvalue weighted by Crippen LogP contribution is 2.21. The fourth-order valence-electron chi connectivity index (χ4n) is 1.78. The average molecular weight is 212 g/mol. The smallest absolute Gasteiger partial charge is 0.146 e. The molecule has 0 amide bonds. The molecule has 0 aromatic heterocycles. The fourth-order valence-corrected chi connectivity index (χ4v) is 1.78. The Morgan fingerprint density at radius 1 is 1.07 bits per heavy atom. The van der Waals surface area contributed by atoms with E-state index in [9.17, 15) is 8.78 Å². The SMILES string of the molecule is CN1CCN(c2cc(F)ccc2F)CC1. The lowest BCUT2D eigenvalue weighted by Gasteiger charge is -2.34. The van der Waals surface area contributed by atoms with Gasteiger partial charge in [-0.15, -0.1) is 0 Å². The molecule has 0 radical (unpaired) electrons. The predicted molar refractivity (Wildman–Crippen MR) is 56.1 cm³/mol. The van der Waals surface area contributed by atoms with Crippen LogP contribution in [-0.4, -0.2) is 38.1 Å². The van der Waals surface area contributed by atoms with Gasteiger partial charge in [0.1, 0.15) is 11.6 Å². The highest BCUT2D eigenvalue weighted by Gasteiger charge is 2.17. The first kappa shape index (κ1) is 10.4. The minimum absolute atomic E-state index is 0.346. The summed E-state index contributed by atoms with van der Waals surface area (Å²) in [5.74, 6) is -0.730. The zero-order chi connectivity index (χ0) is 10.8. The second-order valence-electron chi connectivity index (χ2n) is 3.89. The molecule has 0 aliphatic carbocycles. The number of likely N-dealkylation sites (N-methyl/N-ethyl adjacent to an activating group) is 1. The fraction of sp³-hybridized carbons (Fsp3) is 0.455. The van der Waals surface area contributed by atoms with Gasteiger partial charge in [-0.25, -0.2) is 8.78 Å². The molecule has 4 heteroatoms. The number of benzene rings is 1. The minimum atomic E-state index is -0.384. The van der Waals surface area contributed by atoms with E-state index in [1.54, 1.807) is 0 Å². The maximum absolute atomic E-state index is 13.4. The van der Waals surface area contributed by atoms with E-state index in [1.165, 1.54) is 12.1 Å². The summed E-state index contributed by atoms with van der Waals surface area (Å²) >= 11 is 0. The van der Waals surface area contributed by atoms with Crippen molar-refractivity contribution in [3.8, 4) is 0 Å². The van der Waals surface area contributed by atoms with E-state index in [-0.39, 0.29) is 11.6 Å². The largest absolute Gasteiger partial charge is 0.367 e. The van der Waals surface area contributed by atoms with Crippen molar-refractivity contribution in [2.24, 2.45) is 0 Å². The maximum Gasteiger partial charge on any atom is 0.146 e. The van der Waals surface area contributed by atoms with Gasteiger partial charge in [-0.3, -0.25) is 0 Å². The highest BCUT2D eigenvalue weighted by atomic mass is 19.1. The Bertz CT molecular complexity index is 346. The Morgan fingerprint density at radius 2 is 1.73 bits per heavy atom. The Hall–Kier alpha value is -1.16. The molecule has 82 valence electrons. The van der Waals surface area contributed by atoms with Gasteiger partial charge in [0.25, 0.3) is 0 Å². The summed E-state index contributed by atoms with van der Waals surface area (Å²) in [6.07, 6.45) is 0. The van der Waals surface area contributed by atoms with Crippen molar-refractivity contribution < 1.29 is 8.78 Å². The van der Waals surface area contributed by atoms with Crippen molar-refractivity contribution in [3.05, 3.63) is 29.8 Å². The molecule has 0 bridgehead atoms. The standard InChI is InChI=1S/C11H14F2N2/c1-14-4-6-15(7-5-14)11-8-9(12)2-3-10(11)13/h2-3,8H,4-7H2,1H3. The Morgan fingerprint density at radius 3 is 2.40 bits per heavy atom. The number of nitrogens with zero attached hydrogens (tertiary/aromatic N) is 2. The lowest BCUT2D eigenvalue weighted by Crippen LogP contribution is -2.44. The molecule has 1 aromatic carbocycles. The van der Waals surface area contributed by atoms with Gasteiger partial charge in [0.15, 0.2) is 0 Å². The van der Waals surface area contributed by atoms with Crippen molar-refractivity contribution >= 4 is 5.69 Å². The quantitative estimate of drug-likeness (QED) is 0.699. The minimum Gasteiger partial charge on any atom is -0.367 e. The van der Waals surface area contributed by atoms with Crippen LogP contribution in [0.2, 0.25) is 0 Å². The van der Waals surface area contributed by atoms with Crippen LogP contribution in [0.25, 0.3) is 0 Å². The molecule has 1 saturated heterocycles. The summed E-state index contributed by atoms with van der Waals surface area (Å²) in [6.45, 7) is 3.26. The second kappa shape index (κ2) is 4.14. The van der Waals surface area contributed by atoms with Crippen LogP contribution < -0.4 is 4.90 Å². The van der Waals surface area contributed by atoms with Crippen LogP contribution in [0.3, 0.4) is 0 Å². The first-order chi connectivity index (χ1) is 7.16. The first-order valence-electron chi connectivity index (χ1n) is 5.05. The Labute approximate surface area is 88.1 Å². The molecule has 15 heavy (non-hydrogen) atoms. The third kappa shape index (κ3) is 2.26. The van der Waals surface area contributed by atoms with Gasteiger partial charge in [0.2, 0.25) is 0 Å². The molecule has 0 unspecified atom stereocenters. The topological polar surface area (TPSA) is 6.48 Å². The zero-order valence-electron chi connectivity index (χ0n) is 8.71. The van der Waals surface area contributed by atoms with Gasteiger partial charge in [-0.05, 0) is 19.2 Å². The van der Waals surface area contributed by atoms with Crippen LogP contribution in [0.4, 0.5) is 14.5 Å². The molecule has 0 atom stereocenters. The van der Waals surface area contributed by atoms with Crippen molar-refractivity contribution in [2.75, 3.05) is 38.1 Å². The normalized spacial score (nSPS) is 18.2. The average Bonchev–Trinajstić information content (AvgIpc) is 2.23. The number of rotatable bonds is 1. The third-order valence-electron chi connectivity index (χ3n) is 2.75. The van der Waals surface area contributed by atoms with Crippen molar-refractivity contribution in [1.82, 2.24) is 4.90 Å². The van der Waals surface area contributed by atoms with E-state index in [2.05, 4.69) is 4.90 Å².